The van der Waals surface area contributed by atoms with E-state index in [1.165, 1.54) is 17.7 Å². The predicted octanol–water partition coefficient (Wildman–Crippen LogP) is 1.68. The second-order valence-corrected chi connectivity index (χ2v) is 2.69. The van der Waals surface area contributed by atoms with E-state index in [-0.39, 0.29) is 0 Å². The van der Waals surface area contributed by atoms with Crippen molar-refractivity contribution in [2.24, 2.45) is 0 Å². The Balaban J connectivity index is 2.78. The zero-order valence-corrected chi connectivity index (χ0v) is 6.62. The summed E-state index contributed by atoms with van der Waals surface area (Å²) < 4.78 is 0. The molecule has 10 heavy (non-hydrogen) atoms. The van der Waals surface area contributed by atoms with Gasteiger partial charge in [0.05, 0.1) is 0 Å². The monoisotopic (exact) mass is 138 g/mol. The van der Waals surface area contributed by atoms with Crippen molar-refractivity contribution in [2.75, 3.05) is 7.05 Å². The molecule has 0 bridgehead atoms. The third-order valence-corrected chi connectivity index (χ3v) is 1.97. The number of hydrogen-bond acceptors (Lipinski definition) is 2. The van der Waals surface area contributed by atoms with Crippen molar-refractivity contribution >= 4 is 5.71 Å². The van der Waals surface area contributed by atoms with Gasteiger partial charge >= 0.3 is 0 Å². The Morgan fingerprint density at radius 3 is 2.60 bits per heavy atom. The lowest BCUT2D eigenvalue weighted by molar-refractivity contribution is 0.846. The van der Waals surface area contributed by atoms with E-state index >= 15 is 0 Å². The van der Waals surface area contributed by atoms with E-state index in [0.717, 1.165) is 18.6 Å². The lowest BCUT2D eigenvalue weighted by Crippen LogP contribution is -2.07. The van der Waals surface area contributed by atoms with Crippen LogP contribution in [0.15, 0.2) is 11.3 Å². The van der Waals surface area contributed by atoms with Crippen LogP contribution in [0.4, 0.5) is 0 Å². The summed E-state index contributed by atoms with van der Waals surface area (Å²) in [5.74, 6) is 0. The second-order valence-electron chi connectivity index (χ2n) is 2.69. The standard InChI is InChI=1S/C8H14N2/c1-6(9)7-4-3-5-8(7)10-2/h9-10H,3-5H2,1-2H3. The summed E-state index contributed by atoms with van der Waals surface area (Å²) in [7, 11) is 1.93. The van der Waals surface area contributed by atoms with Crippen molar-refractivity contribution in [3.05, 3.63) is 11.3 Å². The van der Waals surface area contributed by atoms with Gasteiger partial charge in [-0.1, -0.05) is 0 Å². The number of rotatable bonds is 2. The quantitative estimate of drug-likeness (QED) is 0.559. The minimum Gasteiger partial charge on any atom is -0.391 e. The van der Waals surface area contributed by atoms with Crippen LogP contribution in [0.3, 0.4) is 0 Å². The van der Waals surface area contributed by atoms with Gasteiger partial charge in [-0.25, -0.2) is 0 Å². The summed E-state index contributed by atoms with van der Waals surface area (Å²) in [6.07, 6.45) is 3.43. The van der Waals surface area contributed by atoms with E-state index in [4.69, 9.17) is 5.41 Å². The first-order valence-electron chi connectivity index (χ1n) is 3.71. The largest absolute Gasteiger partial charge is 0.391 e. The molecule has 0 aromatic heterocycles. The molecule has 0 fully saturated rings. The van der Waals surface area contributed by atoms with Crippen LogP contribution in [0.2, 0.25) is 0 Å². The van der Waals surface area contributed by atoms with E-state index in [9.17, 15) is 0 Å². The zero-order valence-electron chi connectivity index (χ0n) is 6.62. The maximum Gasteiger partial charge on any atom is 0.0332 e. The normalized spacial score (nSPS) is 17.8. The van der Waals surface area contributed by atoms with Crippen LogP contribution >= 0.6 is 0 Å². The lowest BCUT2D eigenvalue weighted by Gasteiger charge is -2.03. The zero-order chi connectivity index (χ0) is 7.56. The van der Waals surface area contributed by atoms with Crippen LogP contribution in [-0.4, -0.2) is 12.8 Å². The molecule has 0 saturated carbocycles. The highest BCUT2D eigenvalue weighted by atomic mass is 14.8. The van der Waals surface area contributed by atoms with Gasteiger partial charge in [0.2, 0.25) is 0 Å². The fourth-order valence-corrected chi connectivity index (χ4v) is 1.43. The molecular formula is C8H14N2. The van der Waals surface area contributed by atoms with Crippen molar-refractivity contribution in [3.8, 4) is 0 Å². The van der Waals surface area contributed by atoms with Crippen LogP contribution in [0.1, 0.15) is 26.2 Å². The molecule has 2 N–H and O–H groups in total. The van der Waals surface area contributed by atoms with E-state index in [2.05, 4.69) is 5.32 Å². The molecular weight excluding hydrogens is 124 g/mol. The van der Waals surface area contributed by atoms with Gasteiger partial charge in [-0.2, -0.15) is 0 Å². The summed E-state index contributed by atoms with van der Waals surface area (Å²) in [6.45, 7) is 1.86. The molecule has 0 aliphatic heterocycles. The number of allylic oxidation sites excluding steroid dienone is 2. The minimum absolute atomic E-state index is 0.724. The molecule has 0 radical (unpaired) electrons. The summed E-state index contributed by atoms with van der Waals surface area (Å²) in [6, 6.07) is 0. The smallest absolute Gasteiger partial charge is 0.0332 e. The third-order valence-electron chi connectivity index (χ3n) is 1.97. The van der Waals surface area contributed by atoms with Crippen LogP contribution in [0.25, 0.3) is 0 Å². The molecule has 2 heteroatoms. The highest BCUT2D eigenvalue weighted by molar-refractivity contribution is 5.96. The molecule has 1 aliphatic carbocycles. The summed E-state index contributed by atoms with van der Waals surface area (Å²) in [4.78, 5) is 0. The molecule has 1 aliphatic rings. The molecule has 0 heterocycles. The molecule has 1 rings (SSSR count). The molecule has 0 aromatic rings. The van der Waals surface area contributed by atoms with Crippen molar-refractivity contribution in [3.63, 3.8) is 0 Å². The molecule has 2 nitrogen and oxygen atoms in total. The van der Waals surface area contributed by atoms with Crippen LogP contribution in [0.5, 0.6) is 0 Å². The second kappa shape index (κ2) is 2.86. The van der Waals surface area contributed by atoms with Gasteiger partial charge in [-0.05, 0) is 31.8 Å². The highest BCUT2D eigenvalue weighted by Gasteiger charge is 2.13. The van der Waals surface area contributed by atoms with Gasteiger partial charge in [0, 0.05) is 18.5 Å². The Morgan fingerprint density at radius 1 is 1.50 bits per heavy atom. The maximum absolute atomic E-state index is 7.43. The number of nitrogens with one attached hydrogen (secondary N) is 2. The van der Waals surface area contributed by atoms with Crippen LogP contribution in [0, 0.1) is 5.41 Å². The molecule has 0 unspecified atom stereocenters. The summed E-state index contributed by atoms with van der Waals surface area (Å²) >= 11 is 0. The Kier molecular flexibility index (Phi) is 2.10. The van der Waals surface area contributed by atoms with Gasteiger partial charge in [0.1, 0.15) is 0 Å². The van der Waals surface area contributed by atoms with Crippen molar-refractivity contribution in [1.82, 2.24) is 5.32 Å². The summed E-state index contributed by atoms with van der Waals surface area (Å²) in [5.41, 5.74) is 3.22. The van der Waals surface area contributed by atoms with E-state index in [1.54, 1.807) is 0 Å². The SMILES string of the molecule is CNC1=C(C(C)=N)CCC1. The van der Waals surface area contributed by atoms with Crippen molar-refractivity contribution < 1.29 is 0 Å². The molecule has 0 spiro atoms. The lowest BCUT2D eigenvalue weighted by atomic mass is 10.1. The Hall–Kier alpha value is -0.790. The van der Waals surface area contributed by atoms with Gasteiger partial charge in [-0.3, -0.25) is 0 Å². The van der Waals surface area contributed by atoms with Gasteiger partial charge < -0.3 is 10.7 Å². The Morgan fingerprint density at radius 2 is 2.20 bits per heavy atom. The summed E-state index contributed by atoms with van der Waals surface area (Å²) in [5, 5.41) is 10.6. The van der Waals surface area contributed by atoms with Crippen LogP contribution < -0.4 is 5.32 Å². The Labute approximate surface area is 61.8 Å². The van der Waals surface area contributed by atoms with E-state index in [1.807, 2.05) is 14.0 Å². The highest BCUT2D eigenvalue weighted by Crippen LogP contribution is 2.23. The number of hydrogen-bond donors (Lipinski definition) is 2. The molecule has 0 amide bonds. The first kappa shape index (κ1) is 7.32. The van der Waals surface area contributed by atoms with Crippen molar-refractivity contribution in [1.29, 1.82) is 5.41 Å². The average molecular weight is 138 g/mol. The fraction of sp³-hybridized carbons (Fsp3) is 0.625. The first-order valence-corrected chi connectivity index (χ1v) is 3.71. The van der Waals surface area contributed by atoms with Gasteiger partial charge in [-0.15, -0.1) is 0 Å². The predicted molar refractivity (Wildman–Crippen MR) is 43.3 cm³/mol. The van der Waals surface area contributed by atoms with Crippen molar-refractivity contribution in [2.45, 2.75) is 26.2 Å². The third kappa shape index (κ3) is 1.20. The molecule has 0 atom stereocenters. The molecule has 0 saturated heterocycles. The Bertz CT molecular complexity index is 180. The fourth-order valence-electron chi connectivity index (χ4n) is 1.43. The first-order chi connectivity index (χ1) is 4.75. The van der Waals surface area contributed by atoms with E-state index in [0.29, 0.717) is 0 Å². The average Bonchev–Trinajstić information content (AvgIpc) is 2.33. The van der Waals surface area contributed by atoms with Gasteiger partial charge in [0.25, 0.3) is 0 Å². The topological polar surface area (TPSA) is 35.9 Å². The minimum atomic E-state index is 0.724. The van der Waals surface area contributed by atoms with Gasteiger partial charge in [0.15, 0.2) is 0 Å². The molecule has 56 valence electrons. The maximum atomic E-state index is 7.43. The molecule has 0 aromatic carbocycles. The van der Waals surface area contributed by atoms with E-state index < -0.39 is 0 Å². The van der Waals surface area contributed by atoms with Crippen LogP contribution in [-0.2, 0) is 0 Å².